The standard InChI is InChI=1S/C18H17ClN2O/c1-11-4-7-14(8-5-11)16-17(18(22)13(3)19)21-10-12(2)6-9-15(21)20-16/h4-10,13H,1-3H3. The van der Waals surface area contributed by atoms with E-state index >= 15 is 0 Å². The number of alkyl halides is 1. The minimum Gasteiger partial charge on any atom is -0.296 e. The minimum absolute atomic E-state index is 0.115. The highest BCUT2D eigenvalue weighted by atomic mass is 35.5. The predicted molar refractivity (Wildman–Crippen MR) is 89.7 cm³/mol. The summed E-state index contributed by atoms with van der Waals surface area (Å²) in [6.45, 7) is 5.71. The predicted octanol–water partition coefficient (Wildman–Crippen LogP) is 4.43. The molecule has 3 nitrogen and oxygen atoms in total. The van der Waals surface area contributed by atoms with Crippen LogP contribution in [0.3, 0.4) is 0 Å². The molecule has 3 aromatic rings. The molecule has 1 aromatic carbocycles. The number of carbonyl (C=O) groups is 1. The van der Waals surface area contributed by atoms with Gasteiger partial charge in [0.15, 0.2) is 5.78 Å². The Balaban J connectivity index is 2.31. The Labute approximate surface area is 134 Å². The van der Waals surface area contributed by atoms with Crippen molar-refractivity contribution in [2.45, 2.75) is 26.1 Å². The van der Waals surface area contributed by atoms with Gasteiger partial charge in [0.1, 0.15) is 17.0 Å². The first-order valence-corrected chi connectivity index (χ1v) is 7.65. The van der Waals surface area contributed by atoms with Gasteiger partial charge in [0, 0.05) is 11.8 Å². The molecule has 112 valence electrons. The lowest BCUT2D eigenvalue weighted by Crippen LogP contribution is -2.14. The van der Waals surface area contributed by atoms with Crippen LogP contribution < -0.4 is 0 Å². The first-order chi connectivity index (χ1) is 10.5. The van der Waals surface area contributed by atoms with Gasteiger partial charge in [-0.15, -0.1) is 11.6 Å². The van der Waals surface area contributed by atoms with E-state index < -0.39 is 5.38 Å². The van der Waals surface area contributed by atoms with Gasteiger partial charge in [0.05, 0.1) is 5.38 Å². The van der Waals surface area contributed by atoms with Crippen molar-refractivity contribution in [3.63, 3.8) is 0 Å². The van der Waals surface area contributed by atoms with Crippen LogP contribution in [0, 0.1) is 13.8 Å². The number of aryl methyl sites for hydroxylation is 2. The van der Waals surface area contributed by atoms with Gasteiger partial charge >= 0.3 is 0 Å². The second kappa shape index (κ2) is 5.58. The number of nitrogens with zero attached hydrogens (tertiary/aromatic N) is 2. The van der Waals surface area contributed by atoms with Gasteiger partial charge < -0.3 is 0 Å². The molecule has 0 fully saturated rings. The molecular weight excluding hydrogens is 296 g/mol. The Morgan fingerprint density at radius 3 is 2.36 bits per heavy atom. The molecule has 22 heavy (non-hydrogen) atoms. The Morgan fingerprint density at radius 2 is 1.73 bits per heavy atom. The zero-order valence-electron chi connectivity index (χ0n) is 12.8. The summed E-state index contributed by atoms with van der Waals surface area (Å²) >= 11 is 6.05. The molecule has 3 rings (SSSR count). The van der Waals surface area contributed by atoms with Crippen molar-refractivity contribution in [2.75, 3.05) is 0 Å². The molecule has 4 heteroatoms. The fourth-order valence-electron chi connectivity index (χ4n) is 2.49. The van der Waals surface area contributed by atoms with Crippen LogP contribution in [-0.2, 0) is 0 Å². The SMILES string of the molecule is Cc1ccc(-c2nc3ccc(C)cn3c2C(=O)C(C)Cl)cc1. The summed E-state index contributed by atoms with van der Waals surface area (Å²) in [6.07, 6.45) is 1.92. The lowest BCUT2D eigenvalue weighted by Gasteiger charge is -2.07. The van der Waals surface area contributed by atoms with E-state index in [0.29, 0.717) is 11.4 Å². The molecule has 0 amide bonds. The molecule has 0 aliphatic carbocycles. The third-order valence-electron chi connectivity index (χ3n) is 3.69. The first kappa shape index (κ1) is 14.8. The van der Waals surface area contributed by atoms with Gasteiger partial charge in [-0.1, -0.05) is 35.9 Å². The smallest absolute Gasteiger partial charge is 0.199 e. The van der Waals surface area contributed by atoms with Crippen molar-refractivity contribution in [3.05, 3.63) is 59.4 Å². The third-order valence-corrected chi connectivity index (χ3v) is 3.88. The van der Waals surface area contributed by atoms with Crippen molar-refractivity contribution in [1.29, 1.82) is 0 Å². The van der Waals surface area contributed by atoms with Crippen molar-refractivity contribution >= 4 is 23.0 Å². The minimum atomic E-state index is -0.593. The Morgan fingerprint density at radius 1 is 1.09 bits per heavy atom. The Hall–Kier alpha value is -2.13. The number of ketones is 1. The number of carbonyl (C=O) groups excluding carboxylic acids is 1. The van der Waals surface area contributed by atoms with Crippen LogP contribution >= 0.6 is 11.6 Å². The number of fused-ring (bicyclic) bond motifs is 1. The molecule has 0 spiro atoms. The van der Waals surface area contributed by atoms with E-state index in [2.05, 4.69) is 4.98 Å². The van der Waals surface area contributed by atoms with Crippen LogP contribution in [0.5, 0.6) is 0 Å². The van der Waals surface area contributed by atoms with Gasteiger partial charge in [-0.25, -0.2) is 4.98 Å². The highest BCUT2D eigenvalue weighted by molar-refractivity contribution is 6.34. The second-order valence-corrected chi connectivity index (χ2v) is 6.24. The summed E-state index contributed by atoms with van der Waals surface area (Å²) in [7, 11) is 0. The zero-order chi connectivity index (χ0) is 15.9. The molecule has 0 aliphatic rings. The van der Waals surface area contributed by atoms with Crippen LogP contribution in [0.2, 0.25) is 0 Å². The number of aromatic nitrogens is 2. The van der Waals surface area contributed by atoms with Crippen LogP contribution in [0.1, 0.15) is 28.5 Å². The number of hydrogen-bond acceptors (Lipinski definition) is 2. The molecule has 0 N–H and O–H groups in total. The van der Waals surface area contributed by atoms with Crippen LogP contribution in [0.4, 0.5) is 0 Å². The Bertz CT molecular complexity index is 847. The molecular formula is C18H17ClN2O. The maximum absolute atomic E-state index is 12.6. The van der Waals surface area contributed by atoms with Crippen LogP contribution in [0.25, 0.3) is 16.9 Å². The van der Waals surface area contributed by atoms with Crippen molar-refractivity contribution in [1.82, 2.24) is 9.38 Å². The normalized spacial score (nSPS) is 12.5. The van der Waals surface area contributed by atoms with E-state index in [1.807, 2.05) is 60.8 Å². The average Bonchev–Trinajstić information content (AvgIpc) is 2.85. The zero-order valence-corrected chi connectivity index (χ0v) is 13.6. The van der Waals surface area contributed by atoms with E-state index in [-0.39, 0.29) is 5.78 Å². The molecule has 0 saturated heterocycles. The maximum Gasteiger partial charge on any atom is 0.199 e. The summed E-state index contributed by atoms with van der Waals surface area (Å²) in [5, 5.41) is -0.593. The second-order valence-electron chi connectivity index (χ2n) is 5.59. The van der Waals surface area contributed by atoms with Gasteiger partial charge in [0.25, 0.3) is 0 Å². The van der Waals surface area contributed by atoms with Gasteiger partial charge in [-0.05, 0) is 32.4 Å². The van der Waals surface area contributed by atoms with Crippen LogP contribution in [0.15, 0.2) is 42.6 Å². The monoisotopic (exact) mass is 312 g/mol. The lowest BCUT2D eigenvalue weighted by atomic mass is 10.1. The summed E-state index contributed by atoms with van der Waals surface area (Å²) < 4.78 is 1.84. The lowest BCUT2D eigenvalue weighted by molar-refractivity contribution is 0.0987. The topological polar surface area (TPSA) is 34.4 Å². The van der Waals surface area contributed by atoms with Gasteiger partial charge in [-0.2, -0.15) is 0 Å². The Kier molecular flexibility index (Phi) is 3.75. The summed E-state index contributed by atoms with van der Waals surface area (Å²) in [6, 6.07) is 11.9. The van der Waals surface area contributed by atoms with Gasteiger partial charge in [-0.3, -0.25) is 9.20 Å². The molecule has 2 aromatic heterocycles. The van der Waals surface area contributed by atoms with E-state index in [1.54, 1.807) is 6.92 Å². The van der Waals surface area contributed by atoms with E-state index in [9.17, 15) is 4.79 Å². The number of rotatable bonds is 3. The van der Waals surface area contributed by atoms with Crippen molar-refractivity contribution < 1.29 is 4.79 Å². The molecule has 0 saturated carbocycles. The number of hydrogen-bond donors (Lipinski definition) is 0. The molecule has 1 unspecified atom stereocenters. The quantitative estimate of drug-likeness (QED) is 0.529. The fraction of sp³-hybridized carbons (Fsp3) is 0.222. The van der Waals surface area contributed by atoms with Crippen molar-refractivity contribution in [3.8, 4) is 11.3 Å². The van der Waals surface area contributed by atoms with E-state index in [1.165, 1.54) is 5.56 Å². The average molecular weight is 313 g/mol. The number of halogens is 1. The molecule has 2 heterocycles. The third kappa shape index (κ3) is 2.53. The van der Waals surface area contributed by atoms with Crippen molar-refractivity contribution in [2.24, 2.45) is 0 Å². The molecule has 1 atom stereocenters. The summed E-state index contributed by atoms with van der Waals surface area (Å²) in [4.78, 5) is 17.2. The van der Waals surface area contributed by atoms with Gasteiger partial charge in [0.2, 0.25) is 0 Å². The largest absolute Gasteiger partial charge is 0.296 e. The maximum atomic E-state index is 12.6. The van der Waals surface area contributed by atoms with E-state index in [4.69, 9.17) is 11.6 Å². The summed E-state index contributed by atoms with van der Waals surface area (Å²) in [5.74, 6) is -0.115. The molecule has 0 bridgehead atoms. The molecule has 0 aliphatic heterocycles. The fourth-order valence-corrected chi connectivity index (χ4v) is 2.59. The number of imidazole rings is 1. The van der Waals surface area contributed by atoms with E-state index in [0.717, 1.165) is 16.8 Å². The number of benzene rings is 1. The summed E-state index contributed by atoms with van der Waals surface area (Å²) in [5.41, 5.74) is 5.14. The highest BCUT2D eigenvalue weighted by Crippen LogP contribution is 2.27. The van der Waals surface area contributed by atoms with Crippen LogP contribution in [-0.4, -0.2) is 20.5 Å². The number of pyridine rings is 1. The molecule has 0 radical (unpaired) electrons. The highest BCUT2D eigenvalue weighted by Gasteiger charge is 2.23. The first-order valence-electron chi connectivity index (χ1n) is 7.21. The number of Topliss-reactive ketones (excluding diaryl/α,β-unsaturated/α-hetero) is 1.